The van der Waals surface area contributed by atoms with Gasteiger partial charge >= 0.3 is 6.36 Å². The van der Waals surface area contributed by atoms with E-state index in [1.807, 2.05) is 0 Å². The number of hydrogen-bond donors (Lipinski definition) is 1. The highest BCUT2D eigenvalue weighted by molar-refractivity contribution is 9.10. The van der Waals surface area contributed by atoms with Crippen LogP contribution in [0.1, 0.15) is 11.3 Å². The average molecular weight is 296 g/mol. The molecule has 0 saturated heterocycles. The maximum Gasteiger partial charge on any atom is 0.573 e. The Morgan fingerprint density at radius 1 is 1.56 bits per heavy atom. The van der Waals surface area contributed by atoms with Crippen molar-refractivity contribution in [1.29, 1.82) is 5.26 Å². The van der Waals surface area contributed by atoms with E-state index in [0.717, 1.165) is 6.20 Å². The number of hydrogen-bond acceptors (Lipinski definition) is 4. The molecule has 1 aromatic heterocycles. The fraction of sp³-hybridized carbons (Fsp3) is 0.250. The minimum absolute atomic E-state index is 0.0635. The lowest BCUT2D eigenvalue weighted by atomic mass is 10.2. The van der Waals surface area contributed by atoms with Gasteiger partial charge in [-0.1, -0.05) is 0 Å². The second-order valence-corrected chi connectivity index (χ2v) is 3.42. The van der Waals surface area contributed by atoms with Crippen molar-refractivity contribution in [3.8, 4) is 11.8 Å². The van der Waals surface area contributed by atoms with Crippen molar-refractivity contribution in [3.05, 3.63) is 21.9 Å². The van der Waals surface area contributed by atoms with E-state index in [2.05, 4.69) is 25.7 Å². The lowest BCUT2D eigenvalue weighted by Crippen LogP contribution is -2.19. The maximum atomic E-state index is 12.1. The number of nitriles is 1. The van der Waals surface area contributed by atoms with Gasteiger partial charge < -0.3 is 10.5 Å². The quantitative estimate of drug-likeness (QED) is 0.907. The number of nitrogens with two attached hydrogens (primary N) is 1. The van der Waals surface area contributed by atoms with Gasteiger partial charge in [0.2, 0.25) is 0 Å². The van der Waals surface area contributed by atoms with E-state index in [4.69, 9.17) is 11.0 Å². The van der Waals surface area contributed by atoms with Crippen LogP contribution >= 0.6 is 15.9 Å². The van der Waals surface area contributed by atoms with Crippen LogP contribution in [0.15, 0.2) is 10.7 Å². The van der Waals surface area contributed by atoms with Crippen molar-refractivity contribution in [2.75, 3.05) is 0 Å². The summed E-state index contributed by atoms with van der Waals surface area (Å²) in [6.07, 6.45) is -3.89. The zero-order valence-corrected chi connectivity index (χ0v) is 9.26. The van der Waals surface area contributed by atoms with Crippen LogP contribution in [0.5, 0.6) is 5.75 Å². The Morgan fingerprint density at radius 3 is 2.62 bits per heavy atom. The van der Waals surface area contributed by atoms with Gasteiger partial charge in [0.25, 0.3) is 0 Å². The number of aromatic nitrogens is 1. The lowest BCUT2D eigenvalue weighted by molar-refractivity contribution is -0.275. The molecule has 0 unspecified atom stereocenters. The fourth-order valence-corrected chi connectivity index (χ4v) is 1.50. The molecule has 1 rings (SSSR count). The van der Waals surface area contributed by atoms with Crippen LogP contribution in [0.4, 0.5) is 13.2 Å². The van der Waals surface area contributed by atoms with E-state index in [1.165, 1.54) is 0 Å². The summed E-state index contributed by atoms with van der Waals surface area (Å²) >= 11 is 2.87. The van der Waals surface area contributed by atoms with E-state index < -0.39 is 12.1 Å². The Bertz CT molecular complexity index is 441. The zero-order valence-electron chi connectivity index (χ0n) is 7.68. The molecular weight excluding hydrogens is 291 g/mol. The predicted octanol–water partition coefficient (Wildman–Crippen LogP) is 2.07. The minimum atomic E-state index is -4.87. The summed E-state index contributed by atoms with van der Waals surface area (Å²) in [5, 5.41) is 8.61. The number of ether oxygens (including phenoxy) is 1. The fourth-order valence-electron chi connectivity index (χ4n) is 0.945. The molecule has 1 heterocycles. The second-order valence-electron chi connectivity index (χ2n) is 2.63. The number of alkyl halides is 3. The van der Waals surface area contributed by atoms with Gasteiger partial charge in [0.1, 0.15) is 11.6 Å². The first-order valence-electron chi connectivity index (χ1n) is 3.92. The third kappa shape index (κ3) is 2.84. The number of rotatable bonds is 2. The summed E-state index contributed by atoms with van der Waals surface area (Å²) in [7, 11) is 0. The number of pyridine rings is 1. The van der Waals surface area contributed by atoms with Gasteiger partial charge in [-0.25, -0.2) is 0 Å². The molecule has 0 spiro atoms. The smallest absolute Gasteiger partial charge is 0.403 e. The van der Waals surface area contributed by atoms with Gasteiger partial charge in [-0.3, -0.25) is 4.98 Å². The molecule has 0 saturated carbocycles. The van der Waals surface area contributed by atoms with E-state index in [1.54, 1.807) is 6.07 Å². The van der Waals surface area contributed by atoms with Gasteiger partial charge in [0, 0.05) is 12.7 Å². The second kappa shape index (κ2) is 4.67. The van der Waals surface area contributed by atoms with Gasteiger partial charge in [0.05, 0.1) is 10.2 Å². The Hall–Kier alpha value is -1.33. The van der Waals surface area contributed by atoms with Gasteiger partial charge in [-0.15, -0.1) is 13.2 Å². The first-order valence-corrected chi connectivity index (χ1v) is 4.71. The summed E-state index contributed by atoms with van der Waals surface area (Å²) < 4.78 is 39.9. The topological polar surface area (TPSA) is 71.9 Å². The van der Waals surface area contributed by atoms with Crippen LogP contribution < -0.4 is 10.5 Å². The van der Waals surface area contributed by atoms with Crippen LogP contribution in [0.3, 0.4) is 0 Å². The number of halogens is 4. The van der Waals surface area contributed by atoms with E-state index in [9.17, 15) is 13.2 Å². The highest BCUT2D eigenvalue weighted by Crippen LogP contribution is 2.34. The Kier molecular flexibility index (Phi) is 3.72. The molecule has 0 aliphatic rings. The molecule has 0 amide bonds. The molecule has 0 atom stereocenters. The average Bonchev–Trinajstić information content (AvgIpc) is 2.19. The standard InChI is InChI=1S/C8H5BrF3N3O/c9-6-5(2-14)15-3-4(1-13)7(6)16-8(10,11)12/h3H,2,14H2. The number of nitrogens with zero attached hydrogens (tertiary/aromatic N) is 2. The molecule has 0 radical (unpaired) electrons. The van der Waals surface area contributed by atoms with Crippen LogP contribution in [-0.4, -0.2) is 11.3 Å². The van der Waals surface area contributed by atoms with Crippen molar-refractivity contribution >= 4 is 15.9 Å². The molecule has 0 aromatic carbocycles. The Labute approximate surface area is 97.0 Å². The van der Waals surface area contributed by atoms with Crippen molar-refractivity contribution in [2.45, 2.75) is 12.9 Å². The molecule has 8 heteroatoms. The van der Waals surface area contributed by atoms with Crippen molar-refractivity contribution in [1.82, 2.24) is 4.98 Å². The van der Waals surface area contributed by atoms with Gasteiger partial charge in [-0.05, 0) is 15.9 Å². The molecule has 0 bridgehead atoms. The summed E-state index contributed by atoms with van der Waals surface area (Å²) in [6, 6.07) is 1.55. The minimum Gasteiger partial charge on any atom is -0.403 e. The zero-order chi connectivity index (χ0) is 12.3. The first kappa shape index (κ1) is 12.7. The molecule has 0 aliphatic carbocycles. The van der Waals surface area contributed by atoms with E-state index in [0.29, 0.717) is 0 Å². The molecule has 4 nitrogen and oxygen atoms in total. The summed E-state index contributed by atoms with van der Waals surface area (Å²) in [5.74, 6) is -0.620. The van der Waals surface area contributed by atoms with Crippen molar-refractivity contribution in [3.63, 3.8) is 0 Å². The highest BCUT2D eigenvalue weighted by Gasteiger charge is 2.33. The maximum absolute atomic E-state index is 12.1. The summed E-state index contributed by atoms with van der Waals surface area (Å²) in [4.78, 5) is 3.72. The van der Waals surface area contributed by atoms with Crippen LogP contribution in [0.2, 0.25) is 0 Å². The summed E-state index contributed by atoms with van der Waals surface area (Å²) in [6.45, 7) is -0.0689. The molecular formula is C8H5BrF3N3O. The normalized spacial score (nSPS) is 11.0. The van der Waals surface area contributed by atoms with Gasteiger partial charge in [0.15, 0.2) is 5.75 Å². The largest absolute Gasteiger partial charge is 0.573 e. The lowest BCUT2D eigenvalue weighted by Gasteiger charge is -2.13. The van der Waals surface area contributed by atoms with Crippen molar-refractivity contribution in [2.24, 2.45) is 5.73 Å². The SMILES string of the molecule is N#Cc1cnc(CN)c(Br)c1OC(F)(F)F. The van der Waals surface area contributed by atoms with Gasteiger partial charge in [-0.2, -0.15) is 5.26 Å². The molecule has 16 heavy (non-hydrogen) atoms. The molecule has 1 aromatic rings. The Morgan fingerprint density at radius 2 is 2.19 bits per heavy atom. The van der Waals surface area contributed by atoms with E-state index >= 15 is 0 Å². The predicted molar refractivity (Wildman–Crippen MR) is 51.2 cm³/mol. The molecule has 0 fully saturated rings. The van der Waals surface area contributed by atoms with Crippen LogP contribution in [0, 0.1) is 11.3 Å². The third-order valence-electron chi connectivity index (χ3n) is 1.58. The van der Waals surface area contributed by atoms with Crippen LogP contribution in [0.25, 0.3) is 0 Å². The third-order valence-corrected chi connectivity index (χ3v) is 2.40. The van der Waals surface area contributed by atoms with Crippen molar-refractivity contribution < 1.29 is 17.9 Å². The highest BCUT2D eigenvalue weighted by atomic mass is 79.9. The Balaban J connectivity index is 3.28. The first-order chi connectivity index (χ1) is 7.39. The summed E-state index contributed by atoms with van der Waals surface area (Å²) in [5.41, 5.74) is 5.12. The van der Waals surface area contributed by atoms with E-state index in [-0.39, 0.29) is 22.3 Å². The molecule has 0 aliphatic heterocycles. The molecule has 86 valence electrons. The molecule has 2 N–H and O–H groups in total. The van der Waals surface area contributed by atoms with Crippen LogP contribution in [-0.2, 0) is 6.54 Å². The monoisotopic (exact) mass is 295 g/mol.